The third-order valence-corrected chi connectivity index (χ3v) is 7.64. The highest BCUT2D eigenvalue weighted by Gasteiger charge is 2.37. The van der Waals surface area contributed by atoms with Crippen LogP contribution in [-0.2, 0) is 22.4 Å². The number of aromatic nitrogens is 1. The van der Waals surface area contributed by atoms with Gasteiger partial charge in [0.25, 0.3) is 0 Å². The number of aromatic hydroxyl groups is 2. The number of hydrogen-bond donors (Lipinski definition) is 4. The van der Waals surface area contributed by atoms with E-state index in [1.807, 2.05) is 36.5 Å². The Kier molecular flexibility index (Phi) is 9.60. The Hall–Kier alpha value is -3.84. The molecule has 0 saturated heterocycles. The van der Waals surface area contributed by atoms with Crippen molar-refractivity contribution in [3.8, 4) is 17.2 Å². The number of aliphatic hydroxyl groups is 1. The van der Waals surface area contributed by atoms with Gasteiger partial charge in [0.15, 0.2) is 17.3 Å². The second-order valence-corrected chi connectivity index (χ2v) is 10.2. The maximum absolute atomic E-state index is 13.8. The number of carbonyl (C=O) groups excluding carboxylic acids is 2. The first-order valence-electron chi connectivity index (χ1n) is 13.6. The fraction of sp³-hybridized carbons (Fsp3) is 0.375. The molecule has 4 rings (SSSR count). The van der Waals surface area contributed by atoms with E-state index < -0.39 is 11.8 Å². The van der Waals surface area contributed by atoms with Crippen molar-refractivity contribution in [1.29, 1.82) is 0 Å². The van der Waals surface area contributed by atoms with E-state index in [0.717, 1.165) is 48.1 Å². The zero-order chi connectivity index (χ0) is 27.8. The molecular weight excluding hydrogens is 494 g/mol. The maximum Gasteiger partial charge on any atom is 0.160 e. The number of allylic oxidation sites excluding steroid dienone is 1. The van der Waals surface area contributed by atoms with Crippen LogP contribution in [0.1, 0.15) is 60.4 Å². The van der Waals surface area contributed by atoms with E-state index >= 15 is 0 Å². The summed E-state index contributed by atoms with van der Waals surface area (Å²) < 4.78 is 5.16. The molecule has 206 valence electrons. The number of ether oxygens (including phenoxy) is 1. The Balaban J connectivity index is 1.43. The van der Waals surface area contributed by atoms with Gasteiger partial charge in [-0.3, -0.25) is 9.59 Å². The second kappa shape index (κ2) is 13.3. The molecule has 0 amide bonds. The van der Waals surface area contributed by atoms with Gasteiger partial charge in [0.2, 0.25) is 0 Å². The number of phenols is 2. The van der Waals surface area contributed by atoms with Crippen LogP contribution < -0.4 is 4.74 Å². The smallest absolute Gasteiger partial charge is 0.160 e. The molecule has 3 aromatic rings. The number of unbranched alkanes of at least 4 members (excludes halogenated alkanes) is 1. The molecule has 0 unspecified atom stereocenters. The summed E-state index contributed by atoms with van der Waals surface area (Å²) in [4.78, 5) is 30.4. The van der Waals surface area contributed by atoms with Gasteiger partial charge in [-0.05, 0) is 91.1 Å². The van der Waals surface area contributed by atoms with Gasteiger partial charge in [-0.25, -0.2) is 0 Å². The summed E-state index contributed by atoms with van der Waals surface area (Å²) in [5.41, 5.74) is 3.98. The first-order valence-corrected chi connectivity index (χ1v) is 13.6. The van der Waals surface area contributed by atoms with Crippen molar-refractivity contribution >= 4 is 17.6 Å². The predicted octanol–water partition coefficient (Wildman–Crippen LogP) is 5.34. The number of hydrogen-bond acceptors (Lipinski definition) is 6. The number of aryl methyl sites for hydroxylation is 2. The van der Waals surface area contributed by atoms with Crippen molar-refractivity contribution in [2.75, 3.05) is 13.7 Å². The number of ketones is 2. The normalized spacial score (nSPS) is 17.0. The molecular formula is C32H37NO6. The zero-order valence-electron chi connectivity index (χ0n) is 22.3. The molecule has 0 bridgehead atoms. The fourth-order valence-electron chi connectivity index (χ4n) is 5.57. The lowest BCUT2D eigenvalue weighted by Crippen LogP contribution is -2.34. The topological polar surface area (TPSA) is 120 Å². The minimum absolute atomic E-state index is 0.0297. The lowest BCUT2D eigenvalue weighted by Gasteiger charge is -2.30. The molecule has 7 heteroatoms. The molecule has 39 heavy (non-hydrogen) atoms. The van der Waals surface area contributed by atoms with Crippen LogP contribution in [0.3, 0.4) is 0 Å². The molecule has 1 aliphatic carbocycles. The van der Waals surface area contributed by atoms with Gasteiger partial charge in [0.1, 0.15) is 11.5 Å². The van der Waals surface area contributed by atoms with Gasteiger partial charge in [-0.2, -0.15) is 0 Å². The van der Waals surface area contributed by atoms with E-state index in [1.165, 1.54) is 13.2 Å². The van der Waals surface area contributed by atoms with E-state index in [9.17, 15) is 24.9 Å². The molecule has 0 spiro atoms. The average Bonchev–Trinajstić information content (AvgIpc) is 3.42. The predicted molar refractivity (Wildman–Crippen MR) is 150 cm³/mol. The molecule has 0 radical (unpaired) electrons. The molecule has 1 aliphatic rings. The monoisotopic (exact) mass is 531 g/mol. The summed E-state index contributed by atoms with van der Waals surface area (Å²) in [5.74, 6) is -1.07. The number of fused-ring (bicyclic) bond motifs is 1. The van der Waals surface area contributed by atoms with Crippen LogP contribution in [0.15, 0.2) is 60.8 Å². The van der Waals surface area contributed by atoms with Crippen LogP contribution in [0.5, 0.6) is 17.2 Å². The summed E-state index contributed by atoms with van der Waals surface area (Å²) in [6.45, 7) is -0.240. The lowest BCUT2D eigenvalue weighted by atomic mass is 9.72. The highest BCUT2D eigenvalue weighted by atomic mass is 16.5. The van der Waals surface area contributed by atoms with Crippen molar-refractivity contribution in [1.82, 2.24) is 4.98 Å². The largest absolute Gasteiger partial charge is 0.508 e. The number of nitrogens with one attached hydrogen (secondary N) is 1. The number of phenolic OH excluding ortho intramolecular Hbond substituents is 2. The molecule has 4 N–H and O–H groups in total. The summed E-state index contributed by atoms with van der Waals surface area (Å²) in [7, 11) is 1.47. The Morgan fingerprint density at radius 2 is 1.85 bits per heavy atom. The highest BCUT2D eigenvalue weighted by Crippen LogP contribution is 2.40. The summed E-state index contributed by atoms with van der Waals surface area (Å²) >= 11 is 0. The number of H-pyrrole nitrogens is 1. The Morgan fingerprint density at radius 1 is 1.03 bits per heavy atom. The minimum atomic E-state index is -0.876. The first-order chi connectivity index (χ1) is 18.9. The molecule has 3 atom stereocenters. The van der Waals surface area contributed by atoms with Crippen molar-refractivity contribution < 1.29 is 29.6 Å². The Morgan fingerprint density at radius 3 is 2.62 bits per heavy atom. The number of aromatic amines is 1. The van der Waals surface area contributed by atoms with Crippen molar-refractivity contribution in [2.24, 2.45) is 11.8 Å². The molecule has 0 fully saturated rings. The van der Waals surface area contributed by atoms with E-state index in [0.29, 0.717) is 12.2 Å². The summed E-state index contributed by atoms with van der Waals surface area (Å²) in [5, 5.41) is 29.3. The van der Waals surface area contributed by atoms with Gasteiger partial charge in [0, 0.05) is 30.8 Å². The van der Waals surface area contributed by atoms with Crippen LogP contribution >= 0.6 is 0 Å². The van der Waals surface area contributed by atoms with Crippen LogP contribution in [-0.4, -0.2) is 45.6 Å². The van der Waals surface area contributed by atoms with E-state index in [1.54, 1.807) is 24.3 Å². The van der Waals surface area contributed by atoms with Crippen molar-refractivity contribution in [3.63, 3.8) is 0 Å². The highest BCUT2D eigenvalue weighted by molar-refractivity contribution is 6.04. The van der Waals surface area contributed by atoms with Crippen molar-refractivity contribution in [2.45, 2.75) is 50.9 Å². The van der Waals surface area contributed by atoms with Crippen LogP contribution in [0.2, 0.25) is 0 Å². The van der Waals surface area contributed by atoms with Gasteiger partial charge in [0.05, 0.1) is 13.0 Å². The van der Waals surface area contributed by atoms with Gasteiger partial charge < -0.3 is 25.0 Å². The van der Waals surface area contributed by atoms with Crippen LogP contribution in [0, 0.1) is 11.8 Å². The zero-order valence-corrected chi connectivity index (χ0v) is 22.3. The molecule has 1 heterocycles. The minimum Gasteiger partial charge on any atom is -0.508 e. The number of benzene rings is 2. The average molecular weight is 532 g/mol. The molecule has 2 aromatic carbocycles. The number of rotatable bonds is 14. The Labute approximate surface area is 229 Å². The number of aliphatic hydroxyl groups excluding tert-OH is 1. The van der Waals surface area contributed by atoms with E-state index in [4.69, 9.17) is 4.74 Å². The third-order valence-electron chi connectivity index (χ3n) is 7.64. The molecule has 1 aromatic heterocycles. The van der Waals surface area contributed by atoms with Gasteiger partial charge in [-0.1, -0.05) is 30.7 Å². The summed E-state index contributed by atoms with van der Waals surface area (Å²) in [6, 6.07) is 14.2. The SMILES string of the molecule is COc1cc(CCC(=O)[C@@H](CCO)C(=O)[C@@H]2C=Cc3[nH]ccc3[C@H]2CCCCc2cccc(O)c2)ccc1O. The molecule has 0 aliphatic heterocycles. The van der Waals surface area contributed by atoms with E-state index in [2.05, 4.69) is 4.98 Å². The Bertz CT molecular complexity index is 1310. The molecule has 7 nitrogen and oxygen atoms in total. The fourth-order valence-corrected chi connectivity index (χ4v) is 5.57. The summed E-state index contributed by atoms with van der Waals surface area (Å²) in [6.07, 6.45) is 9.81. The van der Waals surface area contributed by atoms with Crippen LogP contribution in [0.25, 0.3) is 6.08 Å². The quantitative estimate of drug-likeness (QED) is 0.165. The maximum atomic E-state index is 13.8. The van der Waals surface area contributed by atoms with Crippen LogP contribution in [0.4, 0.5) is 0 Å². The first kappa shape index (κ1) is 28.2. The second-order valence-electron chi connectivity index (χ2n) is 10.2. The number of Topliss-reactive ketones (excluding diaryl/α,β-unsaturated/α-hetero) is 2. The third kappa shape index (κ3) is 6.98. The standard InChI is InChI=1S/C32H37NO6/c1-39-31-20-22(10-14-30(31)37)9-13-29(36)27(16-18-34)32(38)26-11-12-28-25(15-17-33-28)24(26)8-3-2-5-21-6-4-7-23(35)19-21/h4,6-7,10-12,14-15,17,19-20,24,26-27,33-35,37H,2-3,5,8-9,13,16,18H2,1H3/t24-,26-,27-/m1/s1. The van der Waals surface area contributed by atoms with Gasteiger partial charge >= 0.3 is 0 Å². The number of methoxy groups -OCH3 is 1. The lowest BCUT2D eigenvalue weighted by molar-refractivity contribution is -0.135. The number of carbonyl (C=O) groups is 2. The van der Waals surface area contributed by atoms with Crippen molar-refractivity contribution in [3.05, 3.63) is 83.2 Å². The van der Waals surface area contributed by atoms with E-state index in [-0.39, 0.29) is 48.4 Å². The molecule has 0 saturated carbocycles. The van der Waals surface area contributed by atoms with Gasteiger partial charge in [-0.15, -0.1) is 0 Å².